The molecule has 2 aliphatic rings. The molecule has 1 fully saturated rings. The van der Waals surface area contributed by atoms with Crippen molar-refractivity contribution in [1.29, 1.82) is 0 Å². The predicted molar refractivity (Wildman–Crippen MR) is 122 cm³/mol. The molecule has 1 saturated heterocycles. The fraction of sp³-hybridized carbons (Fsp3) is 0.400. The van der Waals surface area contributed by atoms with Gasteiger partial charge in [0.2, 0.25) is 6.79 Å². The highest BCUT2D eigenvalue weighted by Crippen LogP contribution is 2.32. The number of quaternary nitrogens is 2. The number of hydrogen-bond acceptors (Lipinski definition) is 4. The van der Waals surface area contributed by atoms with Gasteiger partial charge in [-0.3, -0.25) is 4.79 Å². The van der Waals surface area contributed by atoms with Crippen molar-refractivity contribution >= 4 is 10.9 Å². The van der Waals surface area contributed by atoms with Crippen molar-refractivity contribution in [3.63, 3.8) is 0 Å². The molecule has 7 nitrogen and oxygen atoms in total. The van der Waals surface area contributed by atoms with E-state index in [-0.39, 0.29) is 5.43 Å². The van der Waals surface area contributed by atoms with E-state index in [1.165, 1.54) is 10.5 Å². The van der Waals surface area contributed by atoms with Gasteiger partial charge in [-0.1, -0.05) is 0 Å². The summed E-state index contributed by atoms with van der Waals surface area (Å²) in [6.45, 7) is 10.9. The zero-order valence-corrected chi connectivity index (χ0v) is 18.8. The van der Waals surface area contributed by atoms with Crippen LogP contribution in [0.15, 0.2) is 41.2 Å². The minimum atomic E-state index is 0.125. The molecule has 0 saturated carbocycles. The quantitative estimate of drug-likeness (QED) is 0.524. The van der Waals surface area contributed by atoms with E-state index < -0.39 is 0 Å². The van der Waals surface area contributed by atoms with Gasteiger partial charge in [-0.15, -0.1) is 0 Å². The van der Waals surface area contributed by atoms with Crippen LogP contribution in [0, 0.1) is 6.92 Å². The van der Waals surface area contributed by atoms with Crippen LogP contribution in [0.4, 0.5) is 0 Å². The number of aryl methyl sites for hydroxylation is 1. The number of fused-ring (bicyclic) bond motifs is 2. The van der Waals surface area contributed by atoms with Crippen LogP contribution >= 0.6 is 0 Å². The lowest BCUT2D eigenvalue weighted by molar-refractivity contribution is -1.02. The number of aromatic amines is 1. The Kier molecular flexibility index (Phi) is 5.76. The van der Waals surface area contributed by atoms with E-state index in [1.807, 2.05) is 38.1 Å². The summed E-state index contributed by atoms with van der Waals surface area (Å²) in [5.74, 6) is 2.43. The first kappa shape index (κ1) is 20.8. The van der Waals surface area contributed by atoms with Crippen molar-refractivity contribution in [1.82, 2.24) is 4.98 Å². The standard InChI is InChI=1S/C25H29N3O4/c1-3-30-19-5-6-22-20(13-19)25(29)21(17(2)26-22)15-28-10-8-27(9-11-28)14-18-4-7-23-24(12-18)32-16-31-23/h4-7,12-13H,3,8-11,14-16H2,1-2H3,(H,26,29)/p+2. The number of H-pyrrole nitrogens is 1. The molecule has 2 aliphatic heterocycles. The lowest BCUT2D eigenvalue weighted by Crippen LogP contribution is -3.27. The first-order valence-electron chi connectivity index (χ1n) is 11.4. The van der Waals surface area contributed by atoms with E-state index in [9.17, 15) is 4.79 Å². The van der Waals surface area contributed by atoms with Gasteiger partial charge < -0.3 is 29.0 Å². The molecule has 0 radical (unpaired) electrons. The molecular formula is C25H31N3O4+2. The lowest BCUT2D eigenvalue weighted by atomic mass is 10.1. The Morgan fingerprint density at radius 1 is 0.969 bits per heavy atom. The number of rotatable bonds is 6. The second-order valence-corrected chi connectivity index (χ2v) is 8.74. The fourth-order valence-electron chi connectivity index (χ4n) is 4.80. The van der Waals surface area contributed by atoms with Crippen molar-refractivity contribution in [2.75, 3.05) is 39.6 Å². The van der Waals surface area contributed by atoms with Crippen molar-refractivity contribution in [3.8, 4) is 17.2 Å². The summed E-state index contributed by atoms with van der Waals surface area (Å²) in [4.78, 5) is 19.7. The third kappa shape index (κ3) is 4.18. The smallest absolute Gasteiger partial charge is 0.231 e. The van der Waals surface area contributed by atoms with Crippen LogP contribution in [0.1, 0.15) is 23.7 Å². The van der Waals surface area contributed by atoms with Crippen molar-refractivity contribution in [3.05, 3.63) is 63.4 Å². The summed E-state index contributed by atoms with van der Waals surface area (Å²) < 4.78 is 16.5. The van der Waals surface area contributed by atoms with Gasteiger partial charge in [0.25, 0.3) is 0 Å². The Morgan fingerprint density at radius 2 is 1.72 bits per heavy atom. The average Bonchev–Trinajstić information content (AvgIpc) is 3.26. The van der Waals surface area contributed by atoms with E-state index in [4.69, 9.17) is 14.2 Å². The second kappa shape index (κ2) is 8.84. The van der Waals surface area contributed by atoms with Gasteiger partial charge in [0.1, 0.15) is 45.0 Å². The number of nitrogens with one attached hydrogen (secondary N) is 3. The molecule has 3 N–H and O–H groups in total. The number of hydrogen-bond donors (Lipinski definition) is 3. The van der Waals surface area contributed by atoms with E-state index in [2.05, 4.69) is 17.1 Å². The maximum absolute atomic E-state index is 13.3. The minimum absolute atomic E-state index is 0.125. The SMILES string of the molecule is CCOc1ccc2[nH]c(C)c(C[NH+]3CC[NH+](Cc4ccc5c(c4)OCO5)CC3)c(=O)c2c1. The molecule has 168 valence electrons. The van der Waals surface area contributed by atoms with Crippen LogP contribution in [0.2, 0.25) is 0 Å². The topological polar surface area (TPSA) is 69.4 Å². The highest BCUT2D eigenvalue weighted by atomic mass is 16.7. The van der Waals surface area contributed by atoms with E-state index in [0.29, 0.717) is 18.8 Å². The number of ether oxygens (including phenoxy) is 3. The van der Waals surface area contributed by atoms with Crippen molar-refractivity contribution in [2.24, 2.45) is 0 Å². The van der Waals surface area contributed by atoms with Gasteiger partial charge in [0, 0.05) is 22.2 Å². The molecule has 7 heteroatoms. The number of pyridine rings is 1. The largest absolute Gasteiger partial charge is 0.494 e. The molecule has 0 bridgehead atoms. The molecule has 0 spiro atoms. The molecular weight excluding hydrogens is 406 g/mol. The molecule has 0 amide bonds. The van der Waals surface area contributed by atoms with Crippen LogP contribution < -0.4 is 29.4 Å². The summed E-state index contributed by atoms with van der Waals surface area (Å²) in [7, 11) is 0. The molecule has 0 atom stereocenters. The Labute approximate surface area is 187 Å². The van der Waals surface area contributed by atoms with E-state index in [1.54, 1.807) is 4.90 Å². The zero-order valence-electron chi connectivity index (χ0n) is 18.8. The molecule has 1 aromatic heterocycles. The normalized spacial score (nSPS) is 19.9. The highest BCUT2D eigenvalue weighted by molar-refractivity contribution is 5.81. The molecule has 3 aromatic rings. The zero-order chi connectivity index (χ0) is 22.1. The molecule has 0 aliphatic carbocycles. The van der Waals surface area contributed by atoms with Gasteiger partial charge >= 0.3 is 0 Å². The van der Waals surface area contributed by atoms with Gasteiger partial charge in [0.15, 0.2) is 16.9 Å². The van der Waals surface area contributed by atoms with Crippen molar-refractivity contribution < 1.29 is 24.0 Å². The summed E-state index contributed by atoms with van der Waals surface area (Å²) in [5, 5.41) is 0.711. The number of aromatic nitrogens is 1. The van der Waals surface area contributed by atoms with Gasteiger partial charge in [-0.2, -0.15) is 0 Å². The first-order chi connectivity index (χ1) is 15.6. The Hall–Kier alpha value is -3.03. The maximum atomic E-state index is 13.3. The van der Waals surface area contributed by atoms with E-state index >= 15 is 0 Å². The monoisotopic (exact) mass is 437 g/mol. The Balaban J connectivity index is 1.25. The summed E-state index contributed by atoms with van der Waals surface area (Å²) in [6.07, 6.45) is 0. The summed E-state index contributed by atoms with van der Waals surface area (Å²) in [5.41, 5.74) is 4.13. The summed E-state index contributed by atoms with van der Waals surface area (Å²) >= 11 is 0. The van der Waals surface area contributed by atoms with Crippen LogP contribution in [-0.2, 0) is 13.1 Å². The third-order valence-electron chi connectivity index (χ3n) is 6.58. The third-order valence-corrected chi connectivity index (χ3v) is 6.58. The Bertz CT molecular complexity index is 1180. The van der Waals surface area contributed by atoms with E-state index in [0.717, 1.165) is 73.3 Å². The average molecular weight is 438 g/mol. The molecule has 3 heterocycles. The van der Waals surface area contributed by atoms with Crippen LogP contribution in [0.3, 0.4) is 0 Å². The molecule has 5 rings (SSSR count). The van der Waals surface area contributed by atoms with Crippen molar-refractivity contribution in [2.45, 2.75) is 26.9 Å². The first-order valence-corrected chi connectivity index (χ1v) is 11.4. The lowest BCUT2D eigenvalue weighted by Gasteiger charge is -2.30. The predicted octanol–water partition coefficient (Wildman–Crippen LogP) is 0.448. The molecule has 2 aromatic carbocycles. The number of benzene rings is 2. The highest BCUT2D eigenvalue weighted by Gasteiger charge is 2.25. The minimum Gasteiger partial charge on any atom is -0.494 e. The Morgan fingerprint density at radius 3 is 2.50 bits per heavy atom. The molecule has 0 unspecified atom stereocenters. The van der Waals surface area contributed by atoms with Gasteiger partial charge in [-0.05, 0) is 50.2 Å². The van der Waals surface area contributed by atoms with Gasteiger partial charge in [0.05, 0.1) is 12.2 Å². The van der Waals surface area contributed by atoms with Crippen LogP contribution in [0.5, 0.6) is 17.2 Å². The van der Waals surface area contributed by atoms with Gasteiger partial charge in [-0.25, -0.2) is 0 Å². The fourth-order valence-corrected chi connectivity index (χ4v) is 4.80. The number of piperazine rings is 1. The van der Waals surface area contributed by atoms with Crippen LogP contribution in [-0.4, -0.2) is 44.6 Å². The van der Waals surface area contributed by atoms with Crippen LogP contribution in [0.25, 0.3) is 10.9 Å². The maximum Gasteiger partial charge on any atom is 0.231 e. The summed E-state index contributed by atoms with van der Waals surface area (Å²) in [6, 6.07) is 11.9. The molecule has 32 heavy (non-hydrogen) atoms. The second-order valence-electron chi connectivity index (χ2n) is 8.74.